The van der Waals surface area contributed by atoms with E-state index in [1.165, 1.54) is 20.1 Å². The zero-order chi connectivity index (χ0) is 13.7. The topological polar surface area (TPSA) is 114 Å². The van der Waals surface area contributed by atoms with E-state index in [1.54, 1.807) is 0 Å². The van der Waals surface area contributed by atoms with Gasteiger partial charge in [-0.05, 0) is 12.5 Å². The predicted octanol–water partition coefficient (Wildman–Crippen LogP) is 1.30. The molecule has 18 heavy (non-hydrogen) atoms. The summed E-state index contributed by atoms with van der Waals surface area (Å²) in [6.07, 6.45) is 0.305. The minimum absolute atomic E-state index is 0.123. The van der Waals surface area contributed by atoms with Crippen molar-refractivity contribution in [2.45, 2.75) is 6.92 Å². The fourth-order valence-corrected chi connectivity index (χ4v) is 1.19. The van der Waals surface area contributed by atoms with Gasteiger partial charge in [-0.25, -0.2) is 10.2 Å². The van der Waals surface area contributed by atoms with Crippen LogP contribution >= 0.6 is 0 Å². The normalized spacial score (nSPS) is 10.3. The van der Waals surface area contributed by atoms with E-state index in [0.717, 1.165) is 12.3 Å². The molecular formula is C10H11N3O5. The molecule has 0 aliphatic rings. The second-order valence-electron chi connectivity index (χ2n) is 3.32. The number of nitrogens with zero attached hydrogens (tertiary/aromatic N) is 2. The van der Waals surface area contributed by atoms with Crippen LogP contribution in [0.1, 0.15) is 11.1 Å². The number of carbonyl (C=O) groups is 1. The van der Waals surface area contributed by atoms with Gasteiger partial charge in [0.25, 0.3) is 5.69 Å². The fraction of sp³-hybridized carbons (Fsp3) is 0.200. The first kappa shape index (κ1) is 13.4. The average Bonchev–Trinajstić information content (AvgIpc) is 2.33. The van der Waals surface area contributed by atoms with Gasteiger partial charge in [0.15, 0.2) is 0 Å². The molecule has 8 heteroatoms. The number of nitro groups is 1. The molecule has 0 bridgehead atoms. The molecule has 0 saturated heterocycles. The first-order valence-corrected chi connectivity index (χ1v) is 4.80. The third kappa shape index (κ3) is 3.17. The van der Waals surface area contributed by atoms with Gasteiger partial charge in [0.2, 0.25) is 0 Å². The minimum atomic E-state index is -0.784. The van der Waals surface area contributed by atoms with Crippen molar-refractivity contribution in [3.8, 4) is 5.75 Å². The Hall–Kier alpha value is -2.64. The third-order valence-electron chi connectivity index (χ3n) is 2.07. The molecule has 0 atom stereocenters. The maximum absolute atomic E-state index is 10.7. The van der Waals surface area contributed by atoms with Crippen molar-refractivity contribution >= 4 is 18.0 Å². The number of aryl methyl sites for hydroxylation is 1. The molecule has 0 unspecified atom stereocenters. The summed E-state index contributed by atoms with van der Waals surface area (Å²) in [6, 6.07) is 2.38. The lowest BCUT2D eigenvalue weighted by Gasteiger charge is -2.03. The van der Waals surface area contributed by atoms with E-state index < -0.39 is 11.0 Å². The first-order chi connectivity index (χ1) is 8.45. The number of methoxy groups -OCH3 is 1. The van der Waals surface area contributed by atoms with Gasteiger partial charge in [-0.2, -0.15) is 5.10 Å². The molecule has 0 aromatic heterocycles. The number of carbonyl (C=O) groups excluding carboxylic acids is 1. The molecule has 1 aromatic carbocycles. The number of phenols is 1. The van der Waals surface area contributed by atoms with Crippen LogP contribution in [-0.4, -0.2) is 29.4 Å². The summed E-state index contributed by atoms with van der Waals surface area (Å²) in [5, 5.41) is 23.8. The number of phenolic OH excluding ortho intramolecular Hbond substituents is 1. The molecule has 0 aliphatic heterocycles. The lowest BCUT2D eigenvalue weighted by atomic mass is 10.1. The summed E-state index contributed by atoms with van der Waals surface area (Å²) in [5.41, 5.74) is 2.29. The number of ether oxygens (including phenoxy) is 1. The molecule has 0 fully saturated rings. The van der Waals surface area contributed by atoms with Gasteiger partial charge in [-0.3, -0.25) is 10.1 Å². The summed E-state index contributed by atoms with van der Waals surface area (Å²) in [5.74, 6) is -0.143. The number of hydrogen-bond donors (Lipinski definition) is 2. The molecule has 0 aliphatic carbocycles. The molecule has 1 amide bonds. The molecule has 1 rings (SSSR count). The number of benzene rings is 1. The Balaban J connectivity index is 3.01. The number of aromatic hydroxyl groups is 1. The van der Waals surface area contributed by atoms with Crippen LogP contribution < -0.4 is 5.43 Å². The van der Waals surface area contributed by atoms with Gasteiger partial charge < -0.3 is 9.84 Å². The zero-order valence-corrected chi connectivity index (χ0v) is 9.71. The van der Waals surface area contributed by atoms with E-state index in [9.17, 15) is 20.0 Å². The Morgan fingerprint density at radius 3 is 2.83 bits per heavy atom. The van der Waals surface area contributed by atoms with E-state index in [-0.39, 0.29) is 17.0 Å². The highest BCUT2D eigenvalue weighted by Crippen LogP contribution is 2.26. The standard InChI is InChI=1S/C10H11N3O5/c1-6-3-8(13(16)17)4-7(9(6)14)5-11-12-10(15)18-2/h3-5,14H,1-2H3,(H,12,15)/b11-5+. The number of hydrazone groups is 1. The molecule has 2 N–H and O–H groups in total. The van der Waals surface area contributed by atoms with Gasteiger partial charge in [0, 0.05) is 17.7 Å². The van der Waals surface area contributed by atoms with Crippen molar-refractivity contribution in [3.05, 3.63) is 33.4 Å². The third-order valence-corrected chi connectivity index (χ3v) is 2.07. The number of rotatable bonds is 3. The maximum atomic E-state index is 10.7. The fourth-order valence-electron chi connectivity index (χ4n) is 1.19. The SMILES string of the molecule is COC(=O)N/N=C/c1cc([N+](=O)[O-])cc(C)c1O. The molecule has 0 heterocycles. The molecular weight excluding hydrogens is 242 g/mol. The van der Waals surface area contributed by atoms with Crippen molar-refractivity contribution in [2.75, 3.05) is 7.11 Å². The summed E-state index contributed by atoms with van der Waals surface area (Å²) in [6.45, 7) is 1.52. The molecule has 1 aromatic rings. The Kier molecular flexibility index (Phi) is 4.19. The summed E-state index contributed by atoms with van der Waals surface area (Å²) >= 11 is 0. The smallest absolute Gasteiger partial charge is 0.427 e. The minimum Gasteiger partial charge on any atom is -0.507 e. The monoisotopic (exact) mass is 253 g/mol. The number of hydrogen-bond acceptors (Lipinski definition) is 6. The van der Waals surface area contributed by atoms with E-state index >= 15 is 0 Å². The van der Waals surface area contributed by atoms with Crippen molar-refractivity contribution in [3.63, 3.8) is 0 Å². The highest BCUT2D eigenvalue weighted by molar-refractivity contribution is 5.86. The summed E-state index contributed by atoms with van der Waals surface area (Å²) in [4.78, 5) is 20.8. The summed E-state index contributed by atoms with van der Waals surface area (Å²) in [7, 11) is 1.17. The Labute approximate surface area is 102 Å². The van der Waals surface area contributed by atoms with Gasteiger partial charge in [-0.1, -0.05) is 0 Å². The van der Waals surface area contributed by atoms with Crippen LogP contribution in [0.15, 0.2) is 17.2 Å². The van der Waals surface area contributed by atoms with Crippen molar-refractivity contribution < 1.29 is 19.6 Å². The van der Waals surface area contributed by atoms with E-state index in [2.05, 4.69) is 9.84 Å². The van der Waals surface area contributed by atoms with Crippen molar-refractivity contribution in [1.82, 2.24) is 5.43 Å². The van der Waals surface area contributed by atoms with Gasteiger partial charge in [0.05, 0.1) is 18.2 Å². The second kappa shape index (κ2) is 5.62. The van der Waals surface area contributed by atoms with E-state index in [1.807, 2.05) is 5.43 Å². The van der Waals surface area contributed by atoms with E-state index in [0.29, 0.717) is 5.56 Å². The second-order valence-corrected chi connectivity index (χ2v) is 3.32. The van der Waals surface area contributed by atoms with Crippen LogP contribution in [-0.2, 0) is 4.74 Å². The van der Waals surface area contributed by atoms with Crippen LogP contribution in [0.4, 0.5) is 10.5 Å². The van der Waals surface area contributed by atoms with Crippen LogP contribution in [0, 0.1) is 17.0 Å². The quantitative estimate of drug-likeness (QED) is 0.478. The van der Waals surface area contributed by atoms with Crippen molar-refractivity contribution in [2.24, 2.45) is 5.10 Å². The van der Waals surface area contributed by atoms with Crippen LogP contribution in [0.3, 0.4) is 0 Å². The predicted molar refractivity (Wildman–Crippen MR) is 62.6 cm³/mol. The molecule has 0 spiro atoms. The lowest BCUT2D eigenvalue weighted by Crippen LogP contribution is -2.16. The van der Waals surface area contributed by atoms with Crippen LogP contribution in [0.25, 0.3) is 0 Å². The Bertz CT molecular complexity index is 512. The molecule has 0 radical (unpaired) electrons. The highest BCUT2D eigenvalue weighted by Gasteiger charge is 2.12. The molecule has 0 saturated carbocycles. The van der Waals surface area contributed by atoms with Crippen LogP contribution in [0.5, 0.6) is 5.75 Å². The van der Waals surface area contributed by atoms with Crippen LogP contribution in [0.2, 0.25) is 0 Å². The molecule has 8 nitrogen and oxygen atoms in total. The Morgan fingerprint density at radius 2 is 2.28 bits per heavy atom. The van der Waals surface area contributed by atoms with E-state index in [4.69, 9.17) is 0 Å². The maximum Gasteiger partial charge on any atom is 0.427 e. The number of non-ortho nitro benzene ring substituents is 1. The number of amides is 1. The summed E-state index contributed by atoms with van der Waals surface area (Å²) < 4.78 is 4.27. The number of nitro benzene ring substituents is 1. The zero-order valence-electron chi connectivity index (χ0n) is 9.71. The lowest BCUT2D eigenvalue weighted by molar-refractivity contribution is -0.384. The highest BCUT2D eigenvalue weighted by atomic mass is 16.6. The Morgan fingerprint density at radius 1 is 1.61 bits per heavy atom. The van der Waals surface area contributed by atoms with Gasteiger partial charge in [-0.15, -0.1) is 0 Å². The van der Waals surface area contributed by atoms with Crippen molar-refractivity contribution in [1.29, 1.82) is 0 Å². The number of nitrogens with one attached hydrogen (secondary N) is 1. The first-order valence-electron chi connectivity index (χ1n) is 4.80. The van der Waals surface area contributed by atoms with Gasteiger partial charge in [0.1, 0.15) is 5.75 Å². The molecule has 96 valence electrons. The average molecular weight is 253 g/mol. The van der Waals surface area contributed by atoms with Gasteiger partial charge >= 0.3 is 6.09 Å². The largest absolute Gasteiger partial charge is 0.507 e.